The van der Waals surface area contributed by atoms with Gasteiger partial charge in [-0.3, -0.25) is 9.36 Å². The summed E-state index contributed by atoms with van der Waals surface area (Å²) >= 11 is 2.26. The number of nitrogens with zero attached hydrogens (tertiary/aromatic N) is 6. The maximum Gasteiger partial charge on any atom is 0.269 e. The van der Waals surface area contributed by atoms with E-state index in [1.165, 1.54) is 15.7 Å². The highest BCUT2D eigenvalue weighted by Crippen LogP contribution is 2.37. The van der Waals surface area contributed by atoms with Crippen LogP contribution in [0.1, 0.15) is 23.6 Å². The van der Waals surface area contributed by atoms with Gasteiger partial charge in [0.15, 0.2) is 5.57 Å². The Morgan fingerprint density at radius 1 is 0.818 bits per heavy atom. The molecule has 6 aromatic rings. The van der Waals surface area contributed by atoms with Gasteiger partial charge in [0.25, 0.3) is 5.56 Å². The quantitative estimate of drug-likeness (QED) is 0.208. The smallest absolute Gasteiger partial charge is 0.269 e. The zero-order chi connectivity index (χ0) is 30.8. The van der Waals surface area contributed by atoms with Crippen molar-refractivity contribution >= 4 is 62.8 Å². The second kappa shape index (κ2) is 12.1. The maximum absolute atomic E-state index is 13.1. The van der Waals surface area contributed by atoms with Crippen molar-refractivity contribution < 1.29 is 0 Å². The van der Waals surface area contributed by atoms with Crippen LogP contribution in [0.2, 0.25) is 0 Å². The lowest BCUT2D eigenvalue weighted by Crippen LogP contribution is -2.31. The summed E-state index contributed by atoms with van der Waals surface area (Å²) in [6, 6.07) is 33.1. The Balaban J connectivity index is 1.42. The number of fused-ring (bicyclic) bond motifs is 1. The molecule has 0 aliphatic heterocycles. The van der Waals surface area contributed by atoms with Crippen LogP contribution in [0.15, 0.2) is 89.7 Å². The van der Waals surface area contributed by atoms with Crippen molar-refractivity contribution in [1.29, 1.82) is 10.5 Å². The topological polar surface area (TPSA) is 98.6 Å². The van der Waals surface area contributed by atoms with Crippen LogP contribution in [0.4, 0.5) is 17.1 Å². The van der Waals surface area contributed by atoms with Gasteiger partial charge in [-0.25, -0.2) is 0 Å². The molecule has 0 radical (unpaired) electrons. The van der Waals surface area contributed by atoms with Crippen molar-refractivity contribution in [3.8, 4) is 23.3 Å². The Morgan fingerprint density at radius 2 is 1.36 bits per heavy atom. The minimum Gasteiger partial charge on any atom is -0.311 e. The van der Waals surface area contributed by atoms with Gasteiger partial charge >= 0.3 is 0 Å². The molecule has 0 spiro atoms. The van der Waals surface area contributed by atoms with Crippen LogP contribution in [-0.2, 0) is 6.54 Å². The lowest BCUT2D eigenvalue weighted by Gasteiger charge is -2.26. The Morgan fingerprint density at radius 3 is 1.91 bits per heavy atom. The second-order valence-corrected chi connectivity index (χ2v) is 11.8. The lowest BCUT2D eigenvalue weighted by atomic mass is 10.0. The number of benzene rings is 4. The monoisotopic (exact) mass is 610 g/mol. The first kappa shape index (κ1) is 28.8. The molecule has 6 rings (SSSR count). The molecule has 0 aliphatic carbocycles. The fourth-order valence-corrected chi connectivity index (χ4v) is 6.80. The van der Waals surface area contributed by atoms with Crippen molar-refractivity contribution in [2.24, 2.45) is 0 Å². The molecule has 2 heterocycles. The number of anilines is 3. The van der Waals surface area contributed by atoms with E-state index in [2.05, 4.69) is 100 Å². The summed E-state index contributed by atoms with van der Waals surface area (Å²) in [4.78, 5) is 15.4. The van der Waals surface area contributed by atoms with Crippen LogP contribution in [-0.4, -0.2) is 13.3 Å². The van der Waals surface area contributed by atoms with Crippen LogP contribution in [0.3, 0.4) is 0 Å². The van der Waals surface area contributed by atoms with Gasteiger partial charge in [0, 0.05) is 34.7 Å². The predicted octanol–water partition coefficient (Wildman–Crippen LogP) is 6.71. The van der Waals surface area contributed by atoms with E-state index >= 15 is 0 Å². The van der Waals surface area contributed by atoms with Gasteiger partial charge in [-0.05, 0) is 68.8 Å². The fourth-order valence-electron chi connectivity index (χ4n) is 5.11. The third-order valence-corrected chi connectivity index (χ3v) is 9.07. The van der Waals surface area contributed by atoms with Gasteiger partial charge in [0.2, 0.25) is 0 Å². The van der Waals surface area contributed by atoms with Gasteiger partial charge in [0.1, 0.15) is 27.8 Å². The first-order valence-corrected chi connectivity index (χ1v) is 15.5. The Bertz CT molecular complexity index is 2200. The molecule has 0 unspecified atom stereocenters. The van der Waals surface area contributed by atoms with Crippen molar-refractivity contribution in [3.05, 3.63) is 121 Å². The van der Waals surface area contributed by atoms with Crippen LogP contribution < -0.4 is 19.7 Å². The molecule has 214 valence electrons. The average molecular weight is 611 g/mol. The van der Waals surface area contributed by atoms with Crippen molar-refractivity contribution in [3.63, 3.8) is 0 Å². The first-order valence-electron chi connectivity index (χ1n) is 14.0. The third-order valence-electron chi connectivity index (χ3n) is 7.42. The van der Waals surface area contributed by atoms with E-state index in [-0.39, 0.29) is 11.1 Å². The first-order chi connectivity index (χ1) is 21.4. The molecule has 2 aromatic heterocycles. The van der Waals surface area contributed by atoms with Crippen molar-refractivity contribution in [1.82, 2.24) is 13.3 Å². The Labute approximate surface area is 262 Å². The van der Waals surface area contributed by atoms with Crippen LogP contribution >= 0.6 is 23.1 Å². The number of thiazole rings is 1. The van der Waals surface area contributed by atoms with Gasteiger partial charge in [0.05, 0.1) is 16.3 Å². The van der Waals surface area contributed by atoms with E-state index in [4.69, 9.17) is 0 Å². The van der Waals surface area contributed by atoms with Gasteiger partial charge < -0.3 is 4.90 Å². The molecule has 0 aliphatic rings. The van der Waals surface area contributed by atoms with Crippen LogP contribution in [0.25, 0.3) is 33.8 Å². The highest BCUT2D eigenvalue weighted by atomic mass is 32.1. The molecule has 0 fully saturated rings. The number of aryl methyl sites for hydroxylation is 2. The molecule has 7 nitrogen and oxygen atoms in total. The minimum absolute atomic E-state index is 0.0730. The van der Waals surface area contributed by atoms with E-state index in [9.17, 15) is 15.3 Å². The number of hydrogen-bond donors (Lipinski definition) is 0. The molecule has 0 bridgehead atoms. The highest BCUT2D eigenvalue weighted by molar-refractivity contribution is 7.07. The zero-order valence-corrected chi connectivity index (χ0v) is 25.9. The second-order valence-electron chi connectivity index (χ2n) is 10.3. The van der Waals surface area contributed by atoms with E-state index < -0.39 is 0 Å². The average Bonchev–Trinajstić information content (AvgIpc) is 3.66. The summed E-state index contributed by atoms with van der Waals surface area (Å²) in [7, 11) is 0. The van der Waals surface area contributed by atoms with Crippen LogP contribution in [0, 0.1) is 36.5 Å². The molecule has 0 amide bonds. The molecule has 0 atom stereocenters. The van der Waals surface area contributed by atoms with E-state index in [0.717, 1.165) is 62.3 Å². The predicted molar refractivity (Wildman–Crippen MR) is 179 cm³/mol. The largest absolute Gasteiger partial charge is 0.311 e. The fraction of sp³-hybridized carbons (Fsp3) is 0.114. The highest BCUT2D eigenvalue weighted by Gasteiger charge is 2.16. The zero-order valence-electron chi connectivity index (χ0n) is 24.3. The standard InChI is InChI=1S/C35H26N6OS2/c1-4-40-34(42)31(43-35(40)26(20-36)21-37)19-25-11-18-30(33-32(25)38-44-39-33)24-9-16-29(17-10-24)41(27-12-5-22(2)6-13-27)28-14-7-23(3)8-15-28/h5-19H,4H2,1-3H3/b31-19+. The summed E-state index contributed by atoms with van der Waals surface area (Å²) < 4.78 is 11.4. The summed E-state index contributed by atoms with van der Waals surface area (Å²) in [6.45, 7) is 6.35. The van der Waals surface area contributed by atoms with Gasteiger partial charge in [-0.15, -0.1) is 11.3 Å². The molecule has 44 heavy (non-hydrogen) atoms. The van der Waals surface area contributed by atoms with Crippen LogP contribution in [0.5, 0.6) is 0 Å². The van der Waals surface area contributed by atoms with Gasteiger partial charge in [-0.2, -0.15) is 19.3 Å². The SMILES string of the molecule is CCn1c(=C(C#N)C#N)s/c(=C/c2ccc(-c3ccc(N(c4ccc(C)cc4)c4ccc(C)cc4)cc3)c3nsnc23)c1=O. The van der Waals surface area contributed by atoms with Crippen molar-refractivity contribution in [2.45, 2.75) is 27.3 Å². The minimum atomic E-state index is -0.238. The molecule has 4 aromatic carbocycles. The Hall–Kier alpha value is -5.35. The number of aromatic nitrogens is 3. The molecule has 0 N–H and O–H groups in total. The summed E-state index contributed by atoms with van der Waals surface area (Å²) in [6.07, 6.45) is 1.77. The molecular formula is C35H26N6OS2. The third kappa shape index (κ3) is 5.31. The number of hydrogen-bond acceptors (Lipinski definition) is 8. The molecule has 0 saturated carbocycles. The summed E-state index contributed by atoms with van der Waals surface area (Å²) in [5.74, 6) is 0. The number of rotatable bonds is 6. The molecule has 0 saturated heterocycles. The molecule has 9 heteroatoms. The normalized spacial score (nSPS) is 11.3. The van der Waals surface area contributed by atoms with Crippen molar-refractivity contribution in [2.75, 3.05) is 4.90 Å². The molecular weight excluding hydrogens is 585 g/mol. The maximum atomic E-state index is 13.1. The summed E-state index contributed by atoms with van der Waals surface area (Å²) in [5.41, 5.74) is 9.42. The van der Waals surface area contributed by atoms with E-state index in [0.29, 0.717) is 21.3 Å². The Kier molecular flexibility index (Phi) is 7.91. The van der Waals surface area contributed by atoms with Gasteiger partial charge in [-0.1, -0.05) is 59.7 Å². The van der Waals surface area contributed by atoms with E-state index in [1.807, 2.05) is 31.2 Å². The lowest BCUT2D eigenvalue weighted by molar-refractivity contribution is 0.722. The number of nitriles is 2. The summed E-state index contributed by atoms with van der Waals surface area (Å²) in [5, 5.41) is 18.8. The van der Waals surface area contributed by atoms with E-state index in [1.54, 1.807) is 6.08 Å².